The van der Waals surface area contributed by atoms with Crippen molar-refractivity contribution in [1.82, 2.24) is 5.32 Å². The van der Waals surface area contributed by atoms with Gasteiger partial charge in [-0.2, -0.15) is 0 Å². The van der Waals surface area contributed by atoms with Gasteiger partial charge in [0.2, 0.25) is 5.91 Å². The van der Waals surface area contributed by atoms with Crippen molar-refractivity contribution >= 4 is 5.91 Å². The molecule has 1 aliphatic carbocycles. The first-order valence-electron chi connectivity index (χ1n) is 5.71. The Balaban J connectivity index is 2.27. The summed E-state index contributed by atoms with van der Waals surface area (Å²) in [5.74, 6) is -0.0153. The molecule has 3 N–H and O–H groups in total. The summed E-state index contributed by atoms with van der Waals surface area (Å²) in [5, 5.41) is 3.29. The third-order valence-electron chi connectivity index (χ3n) is 2.89. The van der Waals surface area contributed by atoms with Crippen LogP contribution in [0.3, 0.4) is 0 Å². The van der Waals surface area contributed by atoms with E-state index in [-0.39, 0.29) is 17.9 Å². The van der Waals surface area contributed by atoms with Crippen LogP contribution in [0.4, 0.5) is 0 Å². The summed E-state index contributed by atoms with van der Waals surface area (Å²) in [6.07, 6.45) is 2.35. The smallest absolute Gasteiger partial charge is 0.234 e. The molecule has 4 heteroatoms. The lowest BCUT2D eigenvalue weighted by Gasteiger charge is -2.38. The Hall–Kier alpha value is -0.610. The van der Waals surface area contributed by atoms with Crippen LogP contribution in [0.15, 0.2) is 0 Å². The summed E-state index contributed by atoms with van der Waals surface area (Å²) >= 11 is 0. The Labute approximate surface area is 91.5 Å². The Morgan fingerprint density at radius 1 is 1.53 bits per heavy atom. The third kappa shape index (κ3) is 3.47. The van der Waals surface area contributed by atoms with E-state index in [1.807, 2.05) is 20.8 Å². The second kappa shape index (κ2) is 5.47. The number of carbonyl (C=O) groups excluding carboxylic acids is 1. The molecule has 0 aromatic heterocycles. The molecule has 0 radical (unpaired) electrons. The number of hydrogen-bond donors (Lipinski definition) is 2. The van der Waals surface area contributed by atoms with Gasteiger partial charge in [-0.15, -0.1) is 0 Å². The van der Waals surface area contributed by atoms with E-state index in [9.17, 15) is 4.79 Å². The van der Waals surface area contributed by atoms with Crippen molar-refractivity contribution < 1.29 is 9.53 Å². The molecular weight excluding hydrogens is 192 g/mol. The van der Waals surface area contributed by atoms with Crippen LogP contribution in [0.1, 0.15) is 33.6 Å². The number of carbonyl (C=O) groups is 1. The highest BCUT2D eigenvalue weighted by Crippen LogP contribution is 2.24. The van der Waals surface area contributed by atoms with Crippen molar-refractivity contribution in [3.63, 3.8) is 0 Å². The van der Waals surface area contributed by atoms with Gasteiger partial charge in [0.15, 0.2) is 0 Å². The highest BCUT2D eigenvalue weighted by molar-refractivity contribution is 5.80. The van der Waals surface area contributed by atoms with Gasteiger partial charge in [0, 0.05) is 12.6 Å². The van der Waals surface area contributed by atoms with Crippen LogP contribution in [0.5, 0.6) is 0 Å². The lowest BCUT2D eigenvalue weighted by atomic mass is 9.87. The topological polar surface area (TPSA) is 64.3 Å². The predicted molar refractivity (Wildman–Crippen MR) is 59.4 cm³/mol. The van der Waals surface area contributed by atoms with Crippen LogP contribution in [-0.2, 0) is 9.53 Å². The number of ether oxygens (including phenoxy) is 1. The average molecular weight is 214 g/mol. The van der Waals surface area contributed by atoms with Crippen LogP contribution < -0.4 is 11.1 Å². The molecule has 0 bridgehead atoms. The minimum Gasteiger partial charge on any atom is -0.378 e. The van der Waals surface area contributed by atoms with E-state index in [1.165, 1.54) is 0 Å². The summed E-state index contributed by atoms with van der Waals surface area (Å²) in [7, 11) is 0. The number of nitrogens with one attached hydrogen (secondary N) is 1. The van der Waals surface area contributed by atoms with Crippen LogP contribution >= 0.6 is 0 Å². The Bertz CT molecular complexity index is 213. The van der Waals surface area contributed by atoms with Crippen molar-refractivity contribution in [3.8, 4) is 0 Å². The van der Waals surface area contributed by atoms with Crippen LogP contribution in [0.2, 0.25) is 0 Å². The highest BCUT2D eigenvalue weighted by Gasteiger charge is 2.33. The van der Waals surface area contributed by atoms with Gasteiger partial charge in [0.25, 0.3) is 0 Å². The highest BCUT2D eigenvalue weighted by atomic mass is 16.5. The maximum Gasteiger partial charge on any atom is 0.234 e. The summed E-state index contributed by atoms with van der Waals surface area (Å²) in [4.78, 5) is 11.2. The minimum atomic E-state index is -0.259. The molecule has 15 heavy (non-hydrogen) atoms. The van der Waals surface area contributed by atoms with Crippen molar-refractivity contribution in [2.24, 2.45) is 11.7 Å². The molecule has 0 saturated heterocycles. The molecule has 0 heterocycles. The standard InChI is InChI=1S/C11H22N2O2/c1-4-15-9-5-8(6-9)13-10(7(2)3)11(12)14/h7-10,13H,4-6H2,1-3H3,(H2,12,14). The average Bonchev–Trinajstić information content (AvgIpc) is 2.07. The molecule has 0 aromatic carbocycles. The maximum absolute atomic E-state index is 11.2. The molecule has 1 fully saturated rings. The van der Waals surface area contributed by atoms with Gasteiger partial charge in [-0.1, -0.05) is 13.8 Å². The maximum atomic E-state index is 11.2. The quantitative estimate of drug-likeness (QED) is 0.682. The van der Waals surface area contributed by atoms with Gasteiger partial charge >= 0.3 is 0 Å². The molecule has 1 atom stereocenters. The first-order chi connectivity index (χ1) is 7.04. The third-order valence-corrected chi connectivity index (χ3v) is 2.89. The lowest BCUT2D eigenvalue weighted by molar-refractivity contribution is -0.122. The van der Waals surface area contributed by atoms with Crippen molar-refractivity contribution in [1.29, 1.82) is 0 Å². The lowest BCUT2D eigenvalue weighted by Crippen LogP contribution is -2.55. The fourth-order valence-corrected chi connectivity index (χ4v) is 1.93. The molecule has 1 aliphatic rings. The summed E-state index contributed by atoms with van der Waals surface area (Å²) < 4.78 is 5.45. The van der Waals surface area contributed by atoms with E-state index in [1.54, 1.807) is 0 Å². The van der Waals surface area contributed by atoms with E-state index in [4.69, 9.17) is 10.5 Å². The molecule has 4 nitrogen and oxygen atoms in total. The van der Waals surface area contributed by atoms with Gasteiger partial charge in [-0.25, -0.2) is 0 Å². The normalized spacial score (nSPS) is 27.5. The van der Waals surface area contributed by atoms with Crippen LogP contribution in [0.25, 0.3) is 0 Å². The van der Waals surface area contributed by atoms with E-state index < -0.39 is 0 Å². The van der Waals surface area contributed by atoms with Gasteiger partial charge < -0.3 is 15.8 Å². The van der Waals surface area contributed by atoms with E-state index in [2.05, 4.69) is 5.32 Å². The zero-order valence-electron chi connectivity index (χ0n) is 9.82. The monoisotopic (exact) mass is 214 g/mol. The number of primary amides is 1. The van der Waals surface area contributed by atoms with Gasteiger partial charge in [-0.3, -0.25) is 4.79 Å². The number of rotatable bonds is 6. The Morgan fingerprint density at radius 3 is 2.53 bits per heavy atom. The van der Waals surface area contributed by atoms with E-state index >= 15 is 0 Å². The van der Waals surface area contributed by atoms with Crippen LogP contribution in [0, 0.1) is 5.92 Å². The van der Waals surface area contributed by atoms with Gasteiger partial charge in [0.05, 0.1) is 12.1 Å². The molecule has 1 amide bonds. The van der Waals surface area contributed by atoms with E-state index in [0.717, 1.165) is 19.4 Å². The fourth-order valence-electron chi connectivity index (χ4n) is 1.93. The summed E-state index contributed by atoms with van der Waals surface area (Å²) in [6, 6.07) is 0.180. The fraction of sp³-hybridized carbons (Fsp3) is 0.909. The molecule has 0 aliphatic heterocycles. The Morgan fingerprint density at radius 2 is 2.13 bits per heavy atom. The number of hydrogen-bond acceptors (Lipinski definition) is 3. The molecule has 0 spiro atoms. The zero-order valence-corrected chi connectivity index (χ0v) is 9.82. The predicted octanol–water partition coefficient (Wildman–Crippen LogP) is 0.653. The molecule has 88 valence electrons. The Kier molecular flexibility index (Phi) is 4.54. The van der Waals surface area contributed by atoms with Gasteiger partial charge in [0.1, 0.15) is 0 Å². The molecular formula is C11H22N2O2. The second-order valence-corrected chi connectivity index (χ2v) is 4.54. The number of amides is 1. The number of nitrogens with two attached hydrogens (primary N) is 1. The van der Waals surface area contributed by atoms with Crippen molar-refractivity contribution in [3.05, 3.63) is 0 Å². The second-order valence-electron chi connectivity index (χ2n) is 4.54. The van der Waals surface area contributed by atoms with Gasteiger partial charge in [-0.05, 0) is 25.7 Å². The van der Waals surface area contributed by atoms with Crippen molar-refractivity contribution in [2.75, 3.05) is 6.61 Å². The zero-order chi connectivity index (χ0) is 11.4. The first-order valence-corrected chi connectivity index (χ1v) is 5.71. The molecule has 1 unspecified atom stereocenters. The first kappa shape index (κ1) is 12.5. The molecule has 1 saturated carbocycles. The molecule has 0 aromatic rings. The van der Waals surface area contributed by atoms with E-state index in [0.29, 0.717) is 12.1 Å². The van der Waals surface area contributed by atoms with Crippen molar-refractivity contribution in [2.45, 2.75) is 51.8 Å². The van der Waals surface area contributed by atoms with Crippen LogP contribution in [-0.4, -0.2) is 30.7 Å². The summed E-state index contributed by atoms with van der Waals surface area (Å²) in [5.41, 5.74) is 5.33. The largest absolute Gasteiger partial charge is 0.378 e. The minimum absolute atomic E-state index is 0.211. The SMILES string of the molecule is CCOC1CC(NC(C(N)=O)C(C)C)C1. The summed E-state index contributed by atoms with van der Waals surface area (Å²) in [6.45, 7) is 6.77. The molecule has 1 rings (SSSR count).